The van der Waals surface area contributed by atoms with Crippen LogP contribution >= 0.6 is 9.24 Å². The largest absolute Gasteiger partial charge is 0.299 e. The molecule has 0 N–H and O–H groups in total. The summed E-state index contributed by atoms with van der Waals surface area (Å²) in [7, 11) is 2.40. The minimum Gasteiger partial charge on any atom is -0.299 e. The Morgan fingerprint density at radius 3 is 2.29 bits per heavy atom. The Balaban J connectivity index is 2.72. The van der Waals surface area contributed by atoms with Gasteiger partial charge in [-0.2, -0.15) is 0 Å². The number of halogens is 2. The van der Waals surface area contributed by atoms with Crippen molar-refractivity contribution in [2.24, 2.45) is 5.92 Å². The maximum absolute atomic E-state index is 13.0. The fourth-order valence-electron chi connectivity index (χ4n) is 1.60. The molecule has 1 aromatic carbocycles. The molecule has 0 radical (unpaired) electrons. The van der Waals surface area contributed by atoms with Crippen LogP contribution in [0.4, 0.5) is 8.78 Å². The second-order valence-corrected chi connectivity index (χ2v) is 4.77. The number of alkyl halides is 2. The van der Waals surface area contributed by atoms with E-state index in [0.29, 0.717) is 12.6 Å². The van der Waals surface area contributed by atoms with Gasteiger partial charge in [0.1, 0.15) is 5.78 Å². The zero-order valence-corrected chi connectivity index (χ0v) is 11.2. The second-order valence-electron chi connectivity index (χ2n) is 4.36. The van der Waals surface area contributed by atoms with Gasteiger partial charge in [-0.05, 0) is 12.0 Å². The molecule has 0 bridgehead atoms. The molecular weight excluding hydrogens is 241 g/mol. The molecule has 0 saturated carbocycles. The van der Waals surface area contributed by atoms with E-state index < -0.39 is 5.92 Å². The van der Waals surface area contributed by atoms with E-state index in [1.807, 2.05) is 6.92 Å². The van der Waals surface area contributed by atoms with Crippen molar-refractivity contribution in [3.8, 4) is 0 Å². The lowest BCUT2D eigenvalue weighted by atomic mass is 9.96. The highest BCUT2D eigenvalue weighted by Gasteiger charge is 2.23. The molecule has 0 aliphatic heterocycles. The van der Waals surface area contributed by atoms with Crippen LogP contribution in [0, 0.1) is 5.92 Å². The van der Waals surface area contributed by atoms with Crippen LogP contribution in [0.5, 0.6) is 0 Å². The van der Waals surface area contributed by atoms with E-state index in [0.717, 1.165) is 12.5 Å². The highest BCUT2D eigenvalue weighted by atomic mass is 31.0. The number of carbonyl (C=O) groups excluding carboxylic acids is 1. The van der Waals surface area contributed by atoms with Gasteiger partial charge in [0.25, 0.3) is 5.92 Å². The van der Waals surface area contributed by atoms with Gasteiger partial charge in [0, 0.05) is 24.6 Å². The lowest BCUT2D eigenvalue weighted by Gasteiger charge is -2.12. The molecule has 2 atom stereocenters. The van der Waals surface area contributed by atoms with E-state index in [2.05, 4.69) is 9.24 Å². The SMILES string of the molecule is C[C@@H](Cc1ccc(C(C)(F)F)cc1)C(=O)CP. The lowest BCUT2D eigenvalue weighted by Crippen LogP contribution is -2.14. The van der Waals surface area contributed by atoms with Gasteiger partial charge in [-0.15, -0.1) is 9.24 Å². The van der Waals surface area contributed by atoms with Crippen molar-refractivity contribution in [2.75, 3.05) is 6.16 Å². The van der Waals surface area contributed by atoms with Crippen LogP contribution in [-0.2, 0) is 17.1 Å². The second kappa shape index (κ2) is 5.68. The van der Waals surface area contributed by atoms with Gasteiger partial charge in [0.05, 0.1) is 0 Å². The van der Waals surface area contributed by atoms with Gasteiger partial charge in [-0.25, -0.2) is 8.78 Å². The molecule has 1 rings (SSSR count). The van der Waals surface area contributed by atoms with Crippen molar-refractivity contribution in [3.05, 3.63) is 35.4 Å². The monoisotopic (exact) mass is 258 g/mol. The Bertz CT molecular complexity index is 381. The molecule has 17 heavy (non-hydrogen) atoms. The standard InChI is InChI=1S/C13H17F2OP/c1-9(12(16)8-17)7-10-3-5-11(6-4-10)13(2,14)15/h3-6,9H,7-8,17H2,1-2H3/t9-/m0/s1. The van der Waals surface area contributed by atoms with E-state index >= 15 is 0 Å². The Morgan fingerprint density at radius 1 is 1.35 bits per heavy atom. The molecule has 1 nitrogen and oxygen atoms in total. The zero-order chi connectivity index (χ0) is 13.1. The van der Waals surface area contributed by atoms with Crippen molar-refractivity contribution in [3.63, 3.8) is 0 Å². The van der Waals surface area contributed by atoms with Crippen LogP contribution in [0.15, 0.2) is 24.3 Å². The highest BCUT2D eigenvalue weighted by molar-refractivity contribution is 7.18. The fraction of sp³-hybridized carbons (Fsp3) is 0.462. The highest BCUT2D eigenvalue weighted by Crippen LogP contribution is 2.27. The lowest BCUT2D eigenvalue weighted by molar-refractivity contribution is -0.119. The van der Waals surface area contributed by atoms with Gasteiger partial charge in [0.15, 0.2) is 0 Å². The number of Topliss-reactive ketones (excluding diaryl/α,β-unsaturated/α-hetero) is 1. The molecule has 4 heteroatoms. The fourth-order valence-corrected chi connectivity index (χ4v) is 2.00. The summed E-state index contributed by atoms with van der Waals surface area (Å²) in [6.45, 7) is 2.73. The third kappa shape index (κ3) is 4.16. The van der Waals surface area contributed by atoms with Crippen LogP contribution in [0.25, 0.3) is 0 Å². The molecule has 0 aliphatic rings. The summed E-state index contributed by atoms with van der Waals surface area (Å²) in [4.78, 5) is 11.4. The van der Waals surface area contributed by atoms with Crippen LogP contribution < -0.4 is 0 Å². The van der Waals surface area contributed by atoms with Gasteiger partial charge in [-0.1, -0.05) is 31.2 Å². The number of hydrogen-bond acceptors (Lipinski definition) is 1. The van der Waals surface area contributed by atoms with Crippen LogP contribution in [0.3, 0.4) is 0 Å². The number of benzene rings is 1. The minimum absolute atomic E-state index is 0.00581. The average Bonchev–Trinajstić information content (AvgIpc) is 2.27. The molecular formula is C13H17F2OP. The molecule has 94 valence electrons. The molecule has 1 unspecified atom stereocenters. The minimum atomic E-state index is -2.81. The summed E-state index contributed by atoms with van der Waals surface area (Å²) >= 11 is 0. The molecule has 0 heterocycles. The normalized spacial score (nSPS) is 13.5. The van der Waals surface area contributed by atoms with Crippen LogP contribution in [-0.4, -0.2) is 11.9 Å². The van der Waals surface area contributed by atoms with Crippen LogP contribution in [0.2, 0.25) is 0 Å². The van der Waals surface area contributed by atoms with E-state index in [4.69, 9.17) is 0 Å². The van der Waals surface area contributed by atoms with Crippen molar-refractivity contribution in [2.45, 2.75) is 26.2 Å². The first-order valence-electron chi connectivity index (χ1n) is 5.54. The van der Waals surface area contributed by atoms with Crippen molar-refractivity contribution in [1.82, 2.24) is 0 Å². The first-order chi connectivity index (χ1) is 7.84. The molecule has 0 aliphatic carbocycles. The third-order valence-corrected chi connectivity index (χ3v) is 3.16. The Morgan fingerprint density at radius 2 is 1.88 bits per heavy atom. The molecule has 0 fully saturated rings. The van der Waals surface area contributed by atoms with Crippen molar-refractivity contribution >= 4 is 15.0 Å². The number of rotatable bonds is 5. The third-order valence-electron chi connectivity index (χ3n) is 2.75. The summed E-state index contributed by atoms with van der Waals surface area (Å²) in [5.74, 6) is -2.71. The first kappa shape index (κ1) is 14.2. The summed E-state index contributed by atoms with van der Waals surface area (Å²) < 4.78 is 25.9. The average molecular weight is 258 g/mol. The van der Waals surface area contributed by atoms with E-state index in [-0.39, 0.29) is 17.3 Å². The van der Waals surface area contributed by atoms with Gasteiger partial charge < -0.3 is 0 Å². The van der Waals surface area contributed by atoms with Crippen LogP contribution in [0.1, 0.15) is 25.0 Å². The Kier molecular flexibility index (Phi) is 4.76. The van der Waals surface area contributed by atoms with Gasteiger partial charge >= 0.3 is 0 Å². The summed E-state index contributed by atoms with van der Waals surface area (Å²) in [5.41, 5.74) is 0.920. The smallest absolute Gasteiger partial charge is 0.270 e. The van der Waals surface area contributed by atoms with E-state index in [9.17, 15) is 13.6 Å². The summed E-state index contributed by atoms with van der Waals surface area (Å²) in [6, 6.07) is 6.18. The molecule has 0 aromatic heterocycles. The maximum atomic E-state index is 13.0. The van der Waals surface area contributed by atoms with Crippen molar-refractivity contribution in [1.29, 1.82) is 0 Å². The quantitative estimate of drug-likeness (QED) is 0.739. The van der Waals surface area contributed by atoms with E-state index in [1.54, 1.807) is 12.1 Å². The molecule has 0 amide bonds. The molecule has 0 saturated heterocycles. The molecule has 1 aromatic rings. The molecule has 0 spiro atoms. The Labute approximate surface area is 103 Å². The number of hydrogen-bond donors (Lipinski definition) is 0. The number of carbonyl (C=O) groups is 1. The number of ketones is 1. The van der Waals surface area contributed by atoms with Gasteiger partial charge in [0.2, 0.25) is 0 Å². The predicted molar refractivity (Wildman–Crippen MR) is 68.5 cm³/mol. The van der Waals surface area contributed by atoms with Crippen molar-refractivity contribution < 1.29 is 13.6 Å². The van der Waals surface area contributed by atoms with E-state index in [1.165, 1.54) is 12.1 Å². The predicted octanol–water partition coefficient (Wildman–Crippen LogP) is 3.42. The zero-order valence-electron chi connectivity index (χ0n) is 10.0. The summed E-state index contributed by atoms with van der Waals surface area (Å²) in [6.07, 6.45) is 1.04. The Hall–Kier alpha value is -0.820. The maximum Gasteiger partial charge on any atom is 0.270 e. The summed E-state index contributed by atoms with van der Waals surface area (Å²) in [5, 5.41) is 0. The van der Waals surface area contributed by atoms with Gasteiger partial charge in [-0.3, -0.25) is 4.79 Å². The topological polar surface area (TPSA) is 17.1 Å². The first-order valence-corrected chi connectivity index (χ1v) is 6.36.